The highest BCUT2D eigenvalue weighted by Crippen LogP contribution is 2.16. The van der Waals surface area contributed by atoms with Crippen molar-refractivity contribution in [3.8, 4) is 5.75 Å². The van der Waals surface area contributed by atoms with Crippen LogP contribution in [0, 0.1) is 0 Å². The molecule has 1 saturated heterocycles. The molecule has 5 nitrogen and oxygen atoms in total. The molecule has 1 aromatic rings. The van der Waals surface area contributed by atoms with E-state index in [-0.39, 0.29) is 10.6 Å². The minimum absolute atomic E-state index is 0.0719. The van der Waals surface area contributed by atoms with Crippen molar-refractivity contribution in [3.63, 3.8) is 0 Å². The third kappa shape index (κ3) is 6.46. The van der Waals surface area contributed by atoms with E-state index in [1.54, 1.807) is 0 Å². The molecule has 0 spiro atoms. The van der Waals surface area contributed by atoms with Gasteiger partial charge in [-0.15, -0.1) is 0 Å². The molecule has 1 aliphatic rings. The highest BCUT2D eigenvalue weighted by atomic mass is 32.2. The molecule has 0 radical (unpaired) electrons. The molecule has 1 aliphatic heterocycles. The van der Waals surface area contributed by atoms with Gasteiger partial charge in [0.25, 0.3) is 0 Å². The number of hydrogen-bond donors (Lipinski definition) is 1. The molecular formula is C15H25NO4S. The summed E-state index contributed by atoms with van der Waals surface area (Å²) < 4.78 is 32.3. The first-order chi connectivity index (χ1) is 9.77. The van der Waals surface area contributed by atoms with Crippen molar-refractivity contribution in [2.75, 3.05) is 26.7 Å². The van der Waals surface area contributed by atoms with Gasteiger partial charge in [-0.05, 0) is 30.7 Å². The Balaban J connectivity index is 0.000000211. The van der Waals surface area contributed by atoms with E-state index in [1.807, 2.05) is 0 Å². The summed E-state index contributed by atoms with van der Waals surface area (Å²) >= 11 is 0. The van der Waals surface area contributed by atoms with Crippen LogP contribution in [0.25, 0.3) is 0 Å². The maximum Gasteiger partial charge on any atom is 0.124 e. The summed E-state index contributed by atoms with van der Waals surface area (Å²) in [6.07, 6.45) is 5.69. The topological polar surface area (TPSA) is 77.4 Å². The molecule has 0 atom stereocenters. The van der Waals surface area contributed by atoms with Crippen LogP contribution in [0.1, 0.15) is 32.6 Å². The largest absolute Gasteiger partial charge is 0.744 e. The van der Waals surface area contributed by atoms with E-state index < -0.39 is 10.1 Å². The normalized spacial score (nSPS) is 17.1. The Kier molecular flexibility index (Phi) is 6.64. The van der Waals surface area contributed by atoms with Gasteiger partial charge >= 0.3 is 0 Å². The number of likely N-dealkylation sites (tertiary alicyclic amines) is 1. The molecule has 0 aliphatic carbocycles. The number of phenols is 1. The molecule has 0 unspecified atom stereocenters. The van der Waals surface area contributed by atoms with Crippen molar-refractivity contribution in [2.24, 2.45) is 0 Å². The Bertz CT molecular complexity index is 519. The first-order valence-electron chi connectivity index (χ1n) is 7.35. The lowest BCUT2D eigenvalue weighted by Gasteiger charge is -2.28. The number of hydrogen-bond acceptors (Lipinski definition) is 4. The first-order valence-corrected chi connectivity index (χ1v) is 8.76. The summed E-state index contributed by atoms with van der Waals surface area (Å²) in [6.45, 7) is 6.55. The van der Waals surface area contributed by atoms with Crippen LogP contribution >= 0.6 is 0 Å². The summed E-state index contributed by atoms with van der Waals surface area (Å²) in [7, 11) is -1.98. The van der Waals surface area contributed by atoms with Crippen molar-refractivity contribution in [2.45, 2.75) is 37.5 Å². The number of aromatic hydroxyl groups is 1. The Morgan fingerprint density at radius 3 is 2.14 bits per heavy atom. The highest BCUT2D eigenvalue weighted by molar-refractivity contribution is 7.85. The van der Waals surface area contributed by atoms with Gasteiger partial charge in [0.15, 0.2) is 0 Å². The second-order valence-electron chi connectivity index (χ2n) is 5.80. The zero-order valence-electron chi connectivity index (χ0n) is 12.8. The predicted octanol–water partition coefficient (Wildman–Crippen LogP) is 2.32. The van der Waals surface area contributed by atoms with E-state index >= 15 is 0 Å². The van der Waals surface area contributed by atoms with Crippen LogP contribution in [0.2, 0.25) is 0 Å². The monoisotopic (exact) mass is 315 g/mol. The molecule has 1 aromatic carbocycles. The summed E-state index contributed by atoms with van der Waals surface area (Å²) in [5.74, 6) is -0.0719. The predicted molar refractivity (Wildman–Crippen MR) is 81.0 cm³/mol. The molecule has 2 rings (SSSR count). The van der Waals surface area contributed by atoms with Gasteiger partial charge in [0.2, 0.25) is 0 Å². The molecule has 1 heterocycles. The number of unbranched alkanes of at least 4 members (excludes halogenated alkanes) is 1. The van der Waals surface area contributed by atoms with Gasteiger partial charge < -0.3 is 14.1 Å². The number of nitrogens with zero attached hydrogens (tertiary/aromatic N) is 1. The Morgan fingerprint density at radius 2 is 1.71 bits per heavy atom. The quantitative estimate of drug-likeness (QED) is 0.683. The second-order valence-corrected chi connectivity index (χ2v) is 7.18. The minimum Gasteiger partial charge on any atom is -0.744 e. The van der Waals surface area contributed by atoms with Crippen molar-refractivity contribution in [1.82, 2.24) is 0 Å². The minimum atomic E-state index is -4.38. The van der Waals surface area contributed by atoms with Gasteiger partial charge in [-0.1, -0.05) is 13.3 Å². The molecule has 21 heavy (non-hydrogen) atoms. The number of phenolic OH excluding ortho intramolecular Hbond substituents is 1. The van der Waals surface area contributed by atoms with Gasteiger partial charge in [0.05, 0.1) is 31.6 Å². The summed E-state index contributed by atoms with van der Waals surface area (Å²) in [4.78, 5) is -0.338. The standard InChI is InChI=1S/C9H20N.C6H6O4S/c1-3-4-7-10(2)8-5-6-9-10;7-5-1-3-6(4-2-5)11(8,9)10/h3-9H2,1-2H3;1-4,7H,(H,8,9,10)/q+1;/p-1. The molecule has 6 heteroatoms. The fraction of sp³-hybridized carbons (Fsp3) is 0.600. The van der Waals surface area contributed by atoms with Crippen molar-refractivity contribution in [3.05, 3.63) is 24.3 Å². The van der Waals surface area contributed by atoms with Crippen LogP contribution in [-0.2, 0) is 10.1 Å². The molecular weight excluding hydrogens is 290 g/mol. The fourth-order valence-corrected chi connectivity index (χ4v) is 2.94. The summed E-state index contributed by atoms with van der Waals surface area (Å²) in [5, 5.41) is 8.73. The maximum atomic E-state index is 10.3. The average Bonchev–Trinajstić information content (AvgIpc) is 2.84. The van der Waals surface area contributed by atoms with E-state index in [9.17, 15) is 13.0 Å². The van der Waals surface area contributed by atoms with Gasteiger partial charge in [-0.3, -0.25) is 0 Å². The van der Waals surface area contributed by atoms with Crippen molar-refractivity contribution < 1.29 is 22.6 Å². The lowest BCUT2D eigenvalue weighted by atomic mass is 10.3. The Morgan fingerprint density at radius 1 is 1.19 bits per heavy atom. The molecule has 0 saturated carbocycles. The molecule has 0 amide bonds. The van der Waals surface area contributed by atoms with E-state index in [0.29, 0.717) is 0 Å². The summed E-state index contributed by atoms with van der Waals surface area (Å²) in [5.41, 5.74) is 0. The Labute approximate surface area is 127 Å². The molecule has 1 fully saturated rings. The van der Waals surface area contributed by atoms with Crippen LogP contribution in [0.5, 0.6) is 5.75 Å². The Hall–Kier alpha value is -1.11. The third-order valence-electron chi connectivity index (χ3n) is 3.82. The van der Waals surface area contributed by atoms with Crippen LogP contribution in [0.4, 0.5) is 0 Å². The van der Waals surface area contributed by atoms with E-state index in [1.165, 1.54) is 49.8 Å². The molecule has 120 valence electrons. The lowest BCUT2D eigenvalue weighted by Crippen LogP contribution is -2.41. The van der Waals surface area contributed by atoms with Gasteiger partial charge in [0, 0.05) is 12.8 Å². The van der Waals surface area contributed by atoms with Crippen LogP contribution in [0.15, 0.2) is 29.2 Å². The van der Waals surface area contributed by atoms with Crippen molar-refractivity contribution >= 4 is 10.1 Å². The SMILES string of the molecule is CCCC[N+]1(C)CCCC1.O=S(=O)([O-])c1ccc(O)cc1. The van der Waals surface area contributed by atoms with E-state index in [0.717, 1.165) is 24.3 Å². The fourth-order valence-electron chi connectivity index (χ4n) is 2.48. The zero-order valence-corrected chi connectivity index (χ0v) is 13.6. The lowest BCUT2D eigenvalue weighted by molar-refractivity contribution is -0.897. The molecule has 0 aromatic heterocycles. The third-order valence-corrected chi connectivity index (χ3v) is 4.67. The first kappa shape index (κ1) is 17.9. The average molecular weight is 315 g/mol. The zero-order chi connectivity index (χ0) is 15.9. The number of quaternary nitrogens is 1. The number of benzene rings is 1. The van der Waals surface area contributed by atoms with Crippen molar-refractivity contribution in [1.29, 1.82) is 0 Å². The van der Waals surface area contributed by atoms with E-state index in [2.05, 4.69) is 14.0 Å². The van der Waals surface area contributed by atoms with Crippen LogP contribution in [0.3, 0.4) is 0 Å². The maximum absolute atomic E-state index is 10.3. The van der Waals surface area contributed by atoms with Gasteiger partial charge in [-0.2, -0.15) is 0 Å². The van der Waals surface area contributed by atoms with E-state index in [4.69, 9.17) is 5.11 Å². The van der Waals surface area contributed by atoms with Gasteiger partial charge in [0.1, 0.15) is 15.9 Å². The van der Waals surface area contributed by atoms with Gasteiger partial charge in [-0.25, -0.2) is 8.42 Å². The smallest absolute Gasteiger partial charge is 0.124 e. The number of rotatable bonds is 4. The molecule has 1 N–H and O–H groups in total. The summed E-state index contributed by atoms with van der Waals surface area (Å²) in [6, 6.07) is 4.39. The van der Waals surface area contributed by atoms with Crippen LogP contribution < -0.4 is 0 Å². The highest BCUT2D eigenvalue weighted by Gasteiger charge is 2.25. The van der Waals surface area contributed by atoms with Crippen LogP contribution in [-0.4, -0.2) is 49.2 Å². The second kappa shape index (κ2) is 7.77. The molecule has 0 bridgehead atoms.